The van der Waals surface area contributed by atoms with E-state index in [-0.39, 0.29) is 0 Å². The van der Waals surface area contributed by atoms with Crippen LogP contribution in [-0.4, -0.2) is 0 Å². The van der Waals surface area contributed by atoms with Crippen molar-refractivity contribution in [2.45, 2.75) is 181 Å². The highest BCUT2D eigenvalue weighted by Crippen LogP contribution is 2.51. The molecule has 0 nitrogen and oxygen atoms in total. The quantitative estimate of drug-likeness (QED) is 0.347. The van der Waals surface area contributed by atoms with Crippen molar-refractivity contribution in [2.24, 2.45) is 29.1 Å². The molecule has 0 N–H and O–H groups in total. The van der Waals surface area contributed by atoms with Gasteiger partial charge in [-0.1, -0.05) is 155 Å². The second-order valence-electron chi connectivity index (χ2n) is 13.0. The summed E-state index contributed by atoms with van der Waals surface area (Å²) in [5.41, 5.74) is 0.685. The van der Waals surface area contributed by atoms with Crippen molar-refractivity contribution in [1.82, 2.24) is 0 Å². The minimum absolute atomic E-state index is 0.685. The molecule has 194 valence electrons. The van der Waals surface area contributed by atoms with E-state index in [1.165, 1.54) is 103 Å². The maximum Gasteiger partial charge on any atom is -0.0272 e. The van der Waals surface area contributed by atoms with Crippen molar-refractivity contribution in [1.29, 1.82) is 0 Å². The third-order valence-electron chi connectivity index (χ3n) is 11.0. The molecule has 0 amide bonds. The van der Waals surface area contributed by atoms with E-state index in [0.29, 0.717) is 5.41 Å². The predicted molar refractivity (Wildman–Crippen MR) is 148 cm³/mol. The lowest BCUT2D eigenvalue weighted by molar-refractivity contribution is 0.0978. The first-order valence-corrected chi connectivity index (χ1v) is 16.3. The molecule has 0 aliphatic heterocycles. The van der Waals surface area contributed by atoms with Crippen molar-refractivity contribution in [3.8, 4) is 0 Å². The monoisotopic (exact) mass is 458 g/mol. The standard InChI is InChI=1S/C33H62/c1-3-33(4-2,32-24-17-18-25-32)28-29-20-19-23-31(27-26-29)30-21-15-13-11-9-7-5-6-8-10-12-14-16-22-30/h29-32H,3-28H2,1-2H3. The molecule has 3 aliphatic rings. The molecule has 0 heteroatoms. The third-order valence-corrected chi connectivity index (χ3v) is 11.0. The fourth-order valence-corrected chi connectivity index (χ4v) is 8.68. The highest BCUT2D eigenvalue weighted by Gasteiger charge is 2.39. The van der Waals surface area contributed by atoms with Crippen LogP contribution in [0, 0.1) is 29.1 Å². The SMILES string of the molecule is CCC(CC)(CC1CCCC(C2CCCCCCCCCCCCCC2)CC1)C1CCCC1. The molecule has 3 saturated carbocycles. The maximum absolute atomic E-state index is 2.53. The Morgan fingerprint density at radius 3 is 1.36 bits per heavy atom. The van der Waals surface area contributed by atoms with Gasteiger partial charge in [0, 0.05) is 0 Å². The molecular weight excluding hydrogens is 396 g/mol. The molecule has 3 rings (SSSR count). The first kappa shape index (κ1) is 27.6. The van der Waals surface area contributed by atoms with E-state index < -0.39 is 0 Å². The van der Waals surface area contributed by atoms with E-state index in [1.54, 1.807) is 64.2 Å². The van der Waals surface area contributed by atoms with Crippen LogP contribution in [0.5, 0.6) is 0 Å². The van der Waals surface area contributed by atoms with E-state index in [9.17, 15) is 0 Å². The number of hydrogen-bond donors (Lipinski definition) is 0. The fraction of sp³-hybridized carbons (Fsp3) is 1.00. The summed E-state index contributed by atoms with van der Waals surface area (Å²) in [4.78, 5) is 0. The van der Waals surface area contributed by atoms with Crippen molar-refractivity contribution >= 4 is 0 Å². The van der Waals surface area contributed by atoms with Gasteiger partial charge in [0.15, 0.2) is 0 Å². The van der Waals surface area contributed by atoms with E-state index in [4.69, 9.17) is 0 Å². The molecule has 0 aromatic heterocycles. The van der Waals surface area contributed by atoms with Gasteiger partial charge in [0.05, 0.1) is 0 Å². The van der Waals surface area contributed by atoms with Crippen molar-refractivity contribution < 1.29 is 0 Å². The van der Waals surface area contributed by atoms with Crippen LogP contribution in [0.15, 0.2) is 0 Å². The largest absolute Gasteiger partial charge is 0.0648 e. The lowest BCUT2D eigenvalue weighted by atomic mass is 9.64. The summed E-state index contributed by atoms with van der Waals surface area (Å²) in [5.74, 6) is 4.22. The molecule has 3 aliphatic carbocycles. The Morgan fingerprint density at radius 2 is 0.848 bits per heavy atom. The van der Waals surface area contributed by atoms with Crippen LogP contribution in [0.1, 0.15) is 181 Å². The lowest BCUT2D eigenvalue weighted by Gasteiger charge is -2.41. The molecular formula is C33H62. The normalized spacial score (nSPS) is 29.3. The Morgan fingerprint density at radius 1 is 0.424 bits per heavy atom. The van der Waals surface area contributed by atoms with E-state index in [1.807, 2.05) is 0 Å². The zero-order chi connectivity index (χ0) is 23.2. The predicted octanol–water partition coefficient (Wildman–Crippen LogP) is 11.7. The Labute approximate surface area is 209 Å². The highest BCUT2D eigenvalue weighted by molar-refractivity contribution is 4.90. The molecule has 33 heavy (non-hydrogen) atoms. The molecule has 0 radical (unpaired) electrons. The van der Waals surface area contributed by atoms with Crippen LogP contribution in [0.3, 0.4) is 0 Å². The van der Waals surface area contributed by atoms with Crippen LogP contribution < -0.4 is 0 Å². The molecule has 0 saturated heterocycles. The van der Waals surface area contributed by atoms with Gasteiger partial charge < -0.3 is 0 Å². The Kier molecular flexibility index (Phi) is 13.3. The van der Waals surface area contributed by atoms with E-state index in [2.05, 4.69) is 13.8 Å². The van der Waals surface area contributed by atoms with Crippen LogP contribution in [0.2, 0.25) is 0 Å². The van der Waals surface area contributed by atoms with Gasteiger partial charge in [-0.05, 0) is 54.8 Å². The van der Waals surface area contributed by atoms with E-state index >= 15 is 0 Å². The smallest absolute Gasteiger partial charge is 0.0272 e. The van der Waals surface area contributed by atoms with Crippen LogP contribution >= 0.6 is 0 Å². The summed E-state index contributed by atoms with van der Waals surface area (Å²) in [6.07, 6.45) is 39.6. The van der Waals surface area contributed by atoms with Gasteiger partial charge in [-0.2, -0.15) is 0 Å². The topological polar surface area (TPSA) is 0 Å². The van der Waals surface area contributed by atoms with Crippen LogP contribution in [-0.2, 0) is 0 Å². The average Bonchev–Trinajstić information content (AvgIpc) is 3.28. The summed E-state index contributed by atoms with van der Waals surface area (Å²) in [5, 5.41) is 0. The molecule has 2 atom stereocenters. The summed E-state index contributed by atoms with van der Waals surface area (Å²) in [6, 6.07) is 0. The average molecular weight is 459 g/mol. The maximum atomic E-state index is 2.53. The first-order valence-electron chi connectivity index (χ1n) is 16.3. The van der Waals surface area contributed by atoms with Gasteiger partial charge in [-0.3, -0.25) is 0 Å². The minimum atomic E-state index is 0.685. The van der Waals surface area contributed by atoms with Crippen LogP contribution in [0.25, 0.3) is 0 Å². The van der Waals surface area contributed by atoms with Gasteiger partial charge in [0.25, 0.3) is 0 Å². The molecule has 0 spiro atoms. The van der Waals surface area contributed by atoms with Gasteiger partial charge in [0.2, 0.25) is 0 Å². The Balaban J connectivity index is 1.51. The first-order chi connectivity index (χ1) is 16.3. The molecule has 0 heterocycles. The van der Waals surface area contributed by atoms with Gasteiger partial charge in [-0.15, -0.1) is 0 Å². The zero-order valence-corrected chi connectivity index (χ0v) is 23.2. The van der Waals surface area contributed by atoms with Crippen LogP contribution in [0.4, 0.5) is 0 Å². The van der Waals surface area contributed by atoms with Gasteiger partial charge >= 0.3 is 0 Å². The summed E-state index contributed by atoms with van der Waals surface area (Å²) < 4.78 is 0. The molecule has 0 aromatic rings. The van der Waals surface area contributed by atoms with Crippen molar-refractivity contribution in [2.75, 3.05) is 0 Å². The second-order valence-corrected chi connectivity index (χ2v) is 13.0. The lowest BCUT2D eigenvalue weighted by Crippen LogP contribution is -2.30. The van der Waals surface area contributed by atoms with Crippen molar-refractivity contribution in [3.63, 3.8) is 0 Å². The summed E-state index contributed by atoms with van der Waals surface area (Å²) in [6.45, 7) is 5.05. The summed E-state index contributed by atoms with van der Waals surface area (Å²) >= 11 is 0. The zero-order valence-electron chi connectivity index (χ0n) is 23.2. The number of rotatable bonds is 6. The van der Waals surface area contributed by atoms with E-state index in [0.717, 1.165) is 23.7 Å². The molecule has 3 fully saturated rings. The molecule has 0 aromatic carbocycles. The molecule has 2 unspecified atom stereocenters. The van der Waals surface area contributed by atoms with Crippen molar-refractivity contribution in [3.05, 3.63) is 0 Å². The number of hydrogen-bond acceptors (Lipinski definition) is 0. The summed E-state index contributed by atoms with van der Waals surface area (Å²) in [7, 11) is 0. The fourth-order valence-electron chi connectivity index (χ4n) is 8.68. The third kappa shape index (κ3) is 9.18. The highest BCUT2D eigenvalue weighted by atomic mass is 14.4. The van der Waals surface area contributed by atoms with Gasteiger partial charge in [-0.25, -0.2) is 0 Å². The second kappa shape index (κ2) is 15.9. The Bertz CT molecular complexity index is 452. The Hall–Kier alpha value is 0. The van der Waals surface area contributed by atoms with Gasteiger partial charge in [0.1, 0.15) is 0 Å². The molecule has 0 bridgehead atoms. The minimum Gasteiger partial charge on any atom is -0.0648 e.